The van der Waals surface area contributed by atoms with Gasteiger partial charge in [-0.15, -0.1) is 0 Å². The molecule has 0 unspecified atom stereocenters. The lowest BCUT2D eigenvalue weighted by molar-refractivity contribution is -0.120. The highest BCUT2D eigenvalue weighted by molar-refractivity contribution is 6.30. The third-order valence-electron chi connectivity index (χ3n) is 3.57. The number of carbonyl (C=O) groups is 2. The Kier molecular flexibility index (Phi) is 3.22. The Morgan fingerprint density at radius 3 is 2.70 bits per heavy atom. The van der Waals surface area contributed by atoms with E-state index < -0.39 is 0 Å². The largest absolute Gasteiger partial charge is 0.336 e. The van der Waals surface area contributed by atoms with Crippen LogP contribution in [0.25, 0.3) is 5.65 Å². The monoisotopic (exact) mass is 291 g/mol. The summed E-state index contributed by atoms with van der Waals surface area (Å²) in [6.45, 7) is 2.76. The summed E-state index contributed by atoms with van der Waals surface area (Å²) in [7, 11) is 0. The number of hydrogen-bond donors (Lipinski definition) is 0. The zero-order valence-electron chi connectivity index (χ0n) is 11.1. The minimum absolute atomic E-state index is 0.0928. The van der Waals surface area contributed by atoms with E-state index in [1.165, 1.54) is 0 Å². The van der Waals surface area contributed by atoms with Crippen molar-refractivity contribution in [2.45, 2.75) is 19.8 Å². The molecule has 0 bridgehead atoms. The molecule has 0 atom stereocenters. The summed E-state index contributed by atoms with van der Waals surface area (Å²) < 4.78 is 1.72. The molecule has 3 rings (SSSR count). The quantitative estimate of drug-likeness (QED) is 0.808. The third-order valence-corrected chi connectivity index (χ3v) is 3.79. The summed E-state index contributed by atoms with van der Waals surface area (Å²) in [6.07, 6.45) is 2.56. The third kappa shape index (κ3) is 2.18. The van der Waals surface area contributed by atoms with Gasteiger partial charge in [-0.3, -0.25) is 14.0 Å². The second-order valence-corrected chi connectivity index (χ2v) is 5.39. The molecule has 1 aliphatic rings. The molecule has 0 aliphatic carbocycles. The van der Waals surface area contributed by atoms with Gasteiger partial charge in [0, 0.05) is 32.1 Å². The van der Waals surface area contributed by atoms with Gasteiger partial charge in [-0.2, -0.15) is 0 Å². The van der Waals surface area contributed by atoms with Gasteiger partial charge in [-0.05, 0) is 19.1 Å². The van der Waals surface area contributed by atoms with Gasteiger partial charge in [0.15, 0.2) is 0 Å². The van der Waals surface area contributed by atoms with Gasteiger partial charge in [-0.25, -0.2) is 4.98 Å². The second kappa shape index (κ2) is 4.90. The van der Waals surface area contributed by atoms with Gasteiger partial charge >= 0.3 is 0 Å². The van der Waals surface area contributed by atoms with Crippen molar-refractivity contribution < 1.29 is 9.59 Å². The van der Waals surface area contributed by atoms with E-state index in [1.54, 1.807) is 27.6 Å². The van der Waals surface area contributed by atoms with E-state index in [1.807, 2.05) is 6.92 Å². The Bertz CT molecular complexity index is 698. The lowest BCUT2D eigenvalue weighted by Gasteiger charge is -2.26. The minimum atomic E-state index is -0.0928. The maximum atomic E-state index is 12.6. The molecule has 20 heavy (non-hydrogen) atoms. The number of rotatable bonds is 1. The maximum absolute atomic E-state index is 12.6. The van der Waals surface area contributed by atoms with Crippen LogP contribution in [0.2, 0.25) is 5.02 Å². The summed E-state index contributed by atoms with van der Waals surface area (Å²) >= 11 is 5.99. The van der Waals surface area contributed by atoms with Gasteiger partial charge in [0.25, 0.3) is 5.91 Å². The Balaban J connectivity index is 2.00. The number of ketones is 1. The van der Waals surface area contributed by atoms with Gasteiger partial charge in [0.05, 0.1) is 10.7 Å². The number of amides is 1. The lowest BCUT2D eigenvalue weighted by Crippen LogP contribution is -2.39. The van der Waals surface area contributed by atoms with Crippen molar-refractivity contribution in [2.24, 2.45) is 0 Å². The number of aromatic nitrogens is 2. The topological polar surface area (TPSA) is 54.7 Å². The highest BCUT2D eigenvalue weighted by Crippen LogP contribution is 2.19. The van der Waals surface area contributed by atoms with Crippen LogP contribution in [-0.4, -0.2) is 39.1 Å². The summed E-state index contributed by atoms with van der Waals surface area (Å²) in [5.74, 6) is 0.122. The van der Waals surface area contributed by atoms with Crippen LogP contribution in [0.5, 0.6) is 0 Å². The number of imidazole rings is 1. The number of halogens is 1. The average molecular weight is 292 g/mol. The van der Waals surface area contributed by atoms with Crippen LogP contribution in [0.1, 0.15) is 29.0 Å². The number of piperidine rings is 1. The van der Waals surface area contributed by atoms with Gasteiger partial charge < -0.3 is 4.90 Å². The zero-order chi connectivity index (χ0) is 14.3. The predicted molar refractivity (Wildman–Crippen MR) is 75.1 cm³/mol. The SMILES string of the molecule is Cc1nc2ccc(Cl)cn2c1C(=O)N1CCC(=O)CC1. The Morgan fingerprint density at radius 1 is 1.30 bits per heavy atom. The van der Waals surface area contributed by atoms with E-state index in [0.717, 1.165) is 0 Å². The molecule has 5 nitrogen and oxygen atoms in total. The number of aryl methyl sites for hydroxylation is 1. The number of nitrogens with zero attached hydrogens (tertiary/aromatic N) is 3. The number of carbonyl (C=O) groups excluding carboxylic acids is 2. The standard InChI is InChI=1S/C14H14ClN3O2/c1-9-13(14(20)17-6-4-11(19)5-7-17)18-8-10(15)2-3-12(18)16-9/h2-3,8H,4-7H2,1H3. The van der Waals surface area contributed by atoms with Crippen molar-refractivity contribution in [1.82, 2.24) is 14.3 Å². The average Bonchev–Trinajstić information content (AvgIpc) is 2.74. The lowest BCUT2D eigenvalue weighted by atomic mass is 10.1. The van der Waals surface area contributed by atoms with Gasteiger partial charge in [0.1, 0.15) is 17.1 Å². The Labute approximate surface area is 121 Å². The molecule has 2 aromatic heterocycles. The molecule has 0 spiro atoms. The molecule has 6 heteroatoms. The molecule has 1 amide bonds. The number of hydrogen-bond acceptors (Lipinski definition) is 3. The molecule has 1 saturated heterocycles. The van der Waals surface area contributed by atoms with Crippen molar-refractivity contribution in [2.75, 3.05) is 13.1 Å². The first-order chi connectivity index (χ1) is 9.56. The van der Waals surface area contributed by atoms with Crippen molar-refractivity contribution in [3.05, 3.63) is 34.7 Å². The maximum Gasteiger partial charge on any atom is 0.272 e. The minimum Gasteiger partial charge on any atom is -0.336 e. The van der Waals surface area contributed by atoms with E-state index in [4.69, 9.17) is 11.6 Å². The fourth-order valence-electron chi connectivity index (χ4n) is 2.50. The van der Waals surface area contributed by atoms with Crippen LogP contribution in [0.15, 0.2) is 18.3 Å². The van der Waals surface area contributed by atoms with Crippen LogP contribution < -0.4 is 0 Å². The smallest absolute Gasteiger partial charge is 0.272 e. The van der Waals surface area contributed by atoms with Crippen molar-refractivity contribution in [3.8, 4) is 0 Å². The molecular weight excluding hydrogens is 278 g/mol. The predicted octanol–water partition coefficient (Wildman–Crippen LogP) is 2.10. The van der Waals surface area contributed by atoms with Crippen LogP contribution in [0, 0.1) is 6.92 Å². The normalized spacial score (nSPS) is 15.9. The molecule has 2 aromatic rings. The van der Waals surface area contributed by atoms with Crippen molar-refractivity contribution >= 4 is 28.9 Å². The van der Waals surface area contributed by atoms with E-state index in [-0.39, 0.29) is 11.7 Å². The summed E-state index contributed by atoms with van der Waals surface area (Å²) in [5.41, 5.74) is 1.90. The molecular formula is C14H14ClN3O2. The summed E-state index contributed by atoms with van der Waals surface area (Å²) in [5, 5.41) is 0.553. The first kappa shape index (κ1) is 13.1. The molecule has 3 heterocycles. The van der Waals surface area contributed by atoms with E-state index in [2.05, 4.69) is 4.98 Å². The number of likely N-dealkylation sites (tertiary alicyclic amines) is 1. The van der Waals surface area contributed by atoms with Crippen LogP contribution in [-0.2, 0) is 4.79 Å². The number of Topliss-reactive ketones (excluding diaryl/α,β-unsaturated/α-hetero) is 1. The van der Waals surface area contributed by atoms with Gasteiger partial charge in [0.2, 0.25) is 0 Å². The summed E-state index contributed by atoms with van der Waals surface area (Å²) in [4.78, 5) is 30.0. The number of pyridine rings is 1. The molecule has 0 saturated carbocycles. The second-order valence-electron chi connectivity index (χ2n) is 4.95. The highest BCUT2D eigenvalue weighted by atomic mass is 35.5. The van der Waals surface area contributed by atoms with E-state index in [9.17, 15) is 9.59 Å². The van der Waals surface area contributed by atoms with Crippen molar-refractivity contribution in [1.29, 1.82) is 0 Å². The van der Waals surface area contributed by atoms with E-state index in [0.29, 0.717) is 48.0 Å². The van der Waals surface area contributed by atoms with Crippen LogP contribution in [0.4, 0.5) is 0 Å². The van der Waals surface area contributed by atoms with Crippen LogP contribution in [0.3, 0.4) is 0 Å². The summed E-state index contributed by atoms with van der Waals surface area (Å²) in [6, 6.07) is 3.53. The van der Waals surface area contributed by atoms with Crippen molar-refractivity contribution in [3.63, 3.8) is 0 Å². The zero-order valence-corrected chi connectivity index (χ0v) is 11.9. The molecule has 0 radical (unpaired) electrons. The molecule has 0 aromatic carbocycles. The highest BCUT2D eigenvalue weighted by Gasteiger charge is 2.26. The molecule has 1 fully saturated rings. The molecule has 1 aliphatic heterocycles. The first-order valence-electron chi connectivity index (χ1n) is 6.51. The first-order valence-corrected chi connectivity index (χ1v) is 6.89. The van der Waals surface area contributed by atoms with E-state index >= 15 is 0 Å². The van der Waals surface area contributed by atoms with Gasteiger partial charge in [-0.1, -0.05) is 11.6 Å². The van der Waals surface area contributed by atoms with Crippen LogP contribution >= 0.6 is 11.6 Å². The fourth-order valence-corrected chi connectivity index (χ4v) is 2.66. The Hall–Kier alpha value is -1.88. The Morgan fingerprint density at radius 2 is 2.00 bits per heavy atom. The molecule has 104 valence electrons. The number of fused-ring (bicyclic) bond motifs is 1. The molecule has 0 N–H and O–H groups in total. The fraction of sp³-hybridized carbons (Fsp3) is 0.357.